The number of likely N-dealkylation sites (N-methyl/N-ethyl adjacent to an activating group) is 1. The second-order valence-electron chi connectivity index (χ2n) is 4.42. The molecule has 0 aliphatic rings. The second-order valence-corrected chi connectivity index (χ2v) is 4.42. The SMILES string of the molecule is CCN(C(=O)Cc1ccc(N)cn1)c1cccc(O)c1. The summed E-state index contributed by atoms with van der Waals surface area (Å²) in [7, 11) is 0. The normalized spacial score (nSPS) is 10.2. The van der Waals surface area contributed by atoms with Crippen LogP contribution in [0.5, 0.6) is 5.75 Å². The average Bonchev–Trinajstić information content (AvgIpc) is 2.42. The molecule has 0 radical (unpaired) electrons. The van der Waals surface area contributed by atoms with Gasteiger partial charge in [-0.15, -0.1) is 0 Å². The Morgan fingerprint density at radius 3 is 2.75 bits per heavy atom. The van der Waals surface area contributed by atoms with Crippen molar-refractivity contribution in [2.75, 3.05) is 17.2 Å². The standard InChI is InChI=1S/C15H17N3O2/c1-2-18(13-4-3-5-14(19)9-13)15(20)8-12-7-6-11(16)10-17-12/h3-7,9-10,19H,2,8,16H2,1H3. The molecular formula is C15H17N3O2. The molecule has 0 aliphatic heterocycles. The lowest BCUT2D eigenvalue weighted by atomic mass is 10.2. The molecule has 1 heterocycles. The molecule has 0 aliphatic carbocycles. The van der Waals surface area contributed by atoms with Gasteiger partial charge in [-0.3, -0.25) is 9.78 Å². The van der Waals surface area contributed by atoms with Gasteiger partial charge < -0.3 is 15.7 Å². The van der Waals surface area contributed by atoms with Crippen molar-refractivity contribution in [2.24, 2.45) is 0 Å². The highest BCUT2D eigenvalue weighted by Crippen LogP contribution is 2.20. The first kappa shape index (κ1) is 13.9. The molecule has 0 spiro atoms. The second kappa shape index (κ2) is 6.06. The highest BCUT2D eigenvalue weighted by Gasteiger charge is 2.15. The van der Waals surface area contributed by atoms with Gasteiger partial charge in [-0.05, 0) is 31.2 Å². The lowest BCUT2D eigenvalue weighted by Crippen LogP contribution is -2.32. The van der Waals surface area contributed by atoms with Gasteiger partial charge in [-0.1, -0.05) is 6.07 Å². The smallest absolute Gasteiger partial charge is 0.232 e. The van der Waals surface area contributed by atoms with Crippen LogP contribution in [0.2, 0.25) is 0 Å². The lowest BCUT2D eigenvalue weighted by Gasteiger charge is -2.21. The van der Waals surface area contributed by atoms with Gasteiger partial charge >= 0.3 is 0 Å². The molecule has 0 bridgehead atoms. The van der Waals surface area contributed by atoms with Gasteiger partial charge in [0.05, 0.1) is 18.3 Å². The molecule has 0 saturated carbocycles. The molecule has 1 amide bonds. The number of carbonyl (C=O) groups is 1. The number of benzene rings is 1. The summed E-state index contributed by atoms with van der Waals surface area (Å²) in [6.45, 7) is 2.41. The van der Waals surface area contributed by atoms with Crippen molar-refractivity contribution in [2.45, 2.75) is 13.3 Å². The van der Waals surface area contributed by atoms with Crippen LogP contribution in [-0.4, -0.2) is 22.5 Å². The van der Waals surface area contributed by atoms with Crippen LogP contribution >= 0.6 is 0 Å². The number of anilines is 2. The zero-order chi connectivity index (χ0) is 14.5. The molecule has 5 heteroatoms. The van der Waals surface area contributed by atoms with E-state index in [1.54, 1.807) is 41.3 Å². The van der Waals surface area contributed by atoms with Crippen molar-refractivity contribution in [3.05, 3.63) is 48.3 Å². The van der Waals surface area contributed by atoms with Gasteiger partial charge in [0.2, 0.25) is 5.91 Å². The van der Waals surface area contributed by atoms with Crippen molar-refractivity contribution in [1.82, 2.24) is 4.98 Å². The van der Waals surface area contributed by atoms with E-state index < -0.39 is 0 Å². The first-order chi connectivity index (χ1) is 9.60. The van der Waals surface area contributed by atoms with E-state index in [2.05, 4.69) is 4.98 Å². The summed E-state index contributed by atoms with van der Waals surface area (Å²) in [5, 5.41) is 9.50. The highest BCUT2D eigenvalue weighted by atomic mass is 16.3. The summed E-state index contributed by atoms with van der Waals surface area (Å²) < 4.78 is 0. The maximum absolute atomic E-state index is 12.3. The number of nitrogens with zero attached hydrogens (tertiary/aromatic N) is 2. The highest BCUT2D eigenvalue weighted by molar-refractivity contribution is 5.94. The van der Waals surface area contributed by atoms with Crippen LogP contribution in [-0.2, 0) is 11.2 Å². The van der Waals surface area contributed by atoms with Gasteiger partial charge in [0.15, 0.2) is 0 Å². The van der Waals surface area contributed by atoms with E-state index >= 15 is 0 Å². The Bertz CT molecular complexity index is 596. The van der Waals surface area contributed by atoms with E-state index in [0.29, 0.717) is 23.6 Å². The fraction of sp³-hybridized carbons (Fsp3) is 0.200. The van der Waals surface area contributed by atoms with Crippen molar-refractivity contribution < 1.29 is 9.90 Å². The molecule has 2 aromatic rings. The first-order valence-electron chi connectivity index (χ1n) is 6.40. The zero-order valence-electron chi connectivity index (χ0n) is 11.3. The molecule has 0 unspecified atom stereocenters. The zero-order valence-corrected chi connectivity index (χ0v) is 11.3. The Kier molecular flexibility index (Phi) is 4.20. The van der Waals surface area contributed by atoms with E-state index in [1.807, 2.05) is 6.92 Å². The summed E-state index contributed by atoms with van der Waals surface area (Å²) in [5.41, 5.74) is 7.48. The fourth-order valence-electron chi connectivity index (χ4n) is 1.95. The first-order valence-corrected chi connectivity index (χ1v) is 6.40. The summed E-state index contributed by atoms with van der Waals surface area (Å²) in [5.74, 6) is 0.0646. The van der Waals surface area contributed by atoms with Crippen LogP contribution in [0.3, 0.4) is 0 Å². The number of aromatic hydroxyl groups is 1. The van der Waals surface area contributed by atoms with E-state index in [4.69, 9.17) is 5.73 Å². The van der Waals surface area contributed by atoms with Crippen molar-refractivity contribution >= 4 is 17.3 Å². The average molecular weight is 271 g/mol. The topological polar surface area (TPSA) is 79.5 Å². The van der Waals surface area contributed by atoms with Crippen LogP contribution in [0.4, 0.5) is 11.4 Å². The largest absolute Gasteiger partial charge is 0.508 e. The molecule has 0 atom stereocenters. The number of phenols is 1. The van der Waals surface area contributed by atoms with Gasteiger partial charge in [-0.2, -0.15) is 0 Å². The van der Waals surface area contributed by atoms with Crippen molar-refractivity contribution in [3.8, 4) is 5.75 Å². The van der Waals surface area contributed by atoms with Gasteiger partial charge in [0, 0.05) is 24.0 Å². The fourth-order valence-corrected chi connectivity index (χ4v) is 1.95. The third kappa shape index (κ3) is 3.26. The van der Waals surface area contributed by atoms with Crippen LogP contribution in [0.25, 0.3) is 0 Å². The van der Waals surface area contributed by atoms with Crippen LogP contribution in [0.15, 0.2) is 42.6 Å². The molecule has 20 heavy (non-hydrogen) atoms. The third-order valence-electron chi connectivity index (χ3n) is 2.94. The molecule has 5 nitrogen and oxygen atoms in total. The van der Waals surface area contributed by atoms with E-state index in [-0.39, 0.29) is 18.1 Å². The molecule has 3 N–H and O–H groups in total. The molecule has 0 saturated heterocycles. The number of aromatic nitrogens is 1. The van der Waals surface area contributed by atoms with Crippen LogP contribution < -0.4 is 10.6 Å². The van der Waals surface area contributed by atoms with Gasteiger partial charge in [0.1, 0.15) is 5.75 Å². The summed E-state index contributed by atoms with van der Waals surface area (Å²) >= 11 is 0. The number of phenolic OH excluding ortho intramolecular Hbond substituents is 1. The maximum atomic E-state index is 12.3. The number of nitrogen functional groups attached to an aromatic ring is 1. The number of hydrogen-bond donors (Lipinski definition) is 2. The Morgan fingerprint density at radius 2 is 2.15 bits per heavy atom. The summed E-state index contributed by atoms with van der Waals surface area (Å²) in [6, 6.07) is 10.1. The molecule has 104 valence electrons. The Labute approximate surface area is 117 Å². The molecule has 1 aromatic heterocycles. The minimum absolute atomic E-state index is 0.0737. The van der Waals surface area contributed by atoms with E-state index in [1.165, 1.54) is 6.20 Å². The van der Waals surface area contributed by atoms with Crippen LogP contribution in [0, 0.1) is 0 Å². The monoisotopic (exact) mass is 271 g/mol. The number of hydrogen-bond acceptors (Lipinski definition) is 4. The molecule has 2 rings (SSSR count). The predicted molar refractivity (Wildman–Crippen MR) is 78.5 cm³/mol. The minimum Gasteiger partial charge on any atom is -0.508 e. The number of nitrogens with two attached hydrogens (primary N) is 1. The molecule has 1 aromatic carbocycles. The summed E-state index contributed by atoms with van der Waals surface area (Å²) in [4.78, 5) is 18.0. The molecular weight excluding hydrogens is 254 g/mol. The Balaban J connectivity index is 2.15. The quantitative estimate of drug-likeness (QED) is 0.891. The number of carbonyl (C=O) groups excluding carboxylic acids is 1. The summed E-state index contributed by atoms with van der Waals surface area (Å²) in [6.07, 6.45) is 1.73. The van der Waals surface area contributed by atoms with E-state index in [0.717, 1.165) is 0 Å². The molecule has 0 fully saturated rings. The van der Waals surface area contributed by atoms with E-state index in [9.17, 15) is 9.90 Å². The predicted octanol–water partition coefficient (Wildman–Crippen LogP) is 1.97. The Morgan fingerprint density at radius 1 is 1.35 bits per heavy atom. The van der Waals surface area contributed by atoms with Crippen molar-refractivity contribution in [3.63, 3.8) is 0 Å². The van der Waals surface area contributed by atoms with Gasteiger partial charge in [0.25, 0.3) is 0 Å². The maximum Gasteiger partial charge on any atom is 0.232 e. The minimum atomic E-state index is -0.0737. The number of rotatable bonds is 4. The number of pyridine rings is 1. The van der Waals surface area contributed by atoms with Crippen molar-refractivity contribution in [1.29, 1.82) is 0 Å². The third-order valence-corrected chi connectivity index (χ3v) is 2.94. The Hall–Kier alpha value is -2.56. The van der Waals surface area contributed by atoms with Crippen LogP contribution in [0.1, 0.15) is 12.6 Å². The van der Waals surface area contributed by atoms with Gasteiger partial charge in [-0.25, -0.2) is 0 Å². The number of amides is 1. The lowest BCUT2D eigenvalue weighted by molar-refractivity contribution is -0.118.